The number of ether oxygens (including phenoxy) is 2. The van der Waals surface area contributed by atoms with E-state index in [2.05, 4.69) is 4.74 Å². The van der Waals surface area contributed by atoms with E-state index in [9.17, 15) is 14.9 Å². The lowest BCUT2D eigenvalue weighted by molar-refractivity contribution is -0.387. The molecule has 0 saturated carbocycles. The number of esters is 1. The number of rotatable bonds is 5. The number of nitro benzene ring substituents is 1. The Morgan fingerprint density at radius 1 is 1.60 bits per heavy atom. The molecule has 0 bridgehead atoms. The molecule has 0 radical (unpaired) electrons. The van der Waals surface area contributed by atoms with Gasteiger partial charge in [0.05, 0.1) is 28.6 Å². The molecule has 1 heterocycles. The van der Waals surface area contributed by atoms with Gasteiger partial charge in [-0.3, -0.25) is 10.1 Å². The summed E-state index contributed by atoms with van der Waals surface area (Å²) >= 11 is 1.38. The number of thioether (sulfide) groups is 1. The third kappa shape index (κ3) is 3.49. The van der Waals surface area contributed by atoms with E-state index in [4.69, 9.17) is 4.74 Å². The first-order chi connectivity index (χ1) is 9.61. The topological polar surface area (TPSA) is 78.7 Å². The highest BCUT2D eigenvalue weighted by molar-refractivity contribution is 7.99. The summed E-state index contributed by atoms with van der Waals surface area (Å²) in [4.78, 5) is 22.5. The van der Waals surface area contributed by atoms with Crippen LogP contribution in [-0.2, 0) is 9.47 Å². The summed E-state index contributed by atoms with van der Waals surface area (Å²) in [6.45, 7) is 0.759. The first-order valence-corrected chi connectivity index (χ1v) is 7.21. The van der Waals surface area contributed by atoms with Crippen LogP contribution in [0.5, 0.6) is 0 Å². The third-order valence-corrected chi connectivity index (χ3v) is 4.22. The number of carbonyl (C=O) groups excluding carboxylic acids is 1. The predicted molar refractivity (Wildman–Crippen MR) is 74.1 cm³/mol. The zero-order valence-electron chi connectivity index (χ0n) is 11.0. The van der Waals surface area contributed by atoms with Crippen LogP contribution >= 0.6 is 11.8 Å². The molecule has 1 aliphatic heterocycles. The van der Waals surface area contributed by atoms with Gasteiger partial charge >= 0.3 is 5.97 Å². The lowest BCUT2D eigenvalue weighted by Gasteiger charge is -2.09. The Balaban J connectivity index is 2.14. The maximum Gasteiger partial charge on any atom is 0.338 e. The average Bonchev–Trinajstić information content (AvgIpc) is 2.97. The molecule has 0 N–H and O–H groups in total. The van der Waals surface area contributed by atoms with Crippen LogP contribution in [-0.4, -0.2) is 36.5 Å². The summed E-state index contributed by atoms with van der Waals surface area (Å²) < 4.78 is 10.1. The van der Waals surface area contributed by atoms with Crippen molar-refractivity contribution in [2.24, 2.45) is 0 Å². The minimum atomic E-state index is -0.580. The summed E-state index contributed by atoms with van der Waals surface area (Å²) in [6.07, 6.45) is 2.18. The highest BCUT2D eigenvalue weighted by atomic mass is 32.2. The molecule has 0 amide bonds. The second kappa shape index (κ2) is 6.71. The molecule has 1 unspecified atom stereocenters. The molecular formula is C13H15NO5S. The molecule has 1 fully saturated rings. The van der Waals surface area contributed by atoms with Crippen molar-refractivity contribution in [1.82, 2.24) is 0 Å². The van der Waals surface area contributed by atoms with Gasteiger partial charge in [-0.05, 0) is 25.0 Å². The monoisotopic (exact) mass is 297 g/mol. The standard InChI is InChI=1S/C13H15NO5S/c1-18-13(15)9-4-5-12(11(7-9)14(16)17)20-8-10-3-2-6-19-10/h4-5,7,10H,2-3,6,8H2,1H3. The van der Waals surface area contributed by atoms with Crippen molar-refractivity contribution in [3.05, 3.63) is 33.9 Å². The predicted octanol–water partition coefficient (Wildman–Crippen LogP) is 2.65. The van der Waals surface area contributed by atoms with E-state index in [1.165, 1.54) is 31.0 Å². The Morgan fingerprint density at radius 3 is 3.00 bits per heavy atom. The third-order valence-electron chi connectivity index (χ3n) is 3.03. The first kappa shape index (κ1) is 14.8. The van der Waals surface area contributed by atoms with Gasteiger partial charge in [0.1, 0.15) is 0 Å². The average molecular weight is 297 g/mol. The molecule has 1 aromatic carbocycles. The molecule has 0 aromatic heterocycles. The van der Waals surface area contributed by atoms with Crippen LogP contribution in [0.3, 0.4) is 0 Å². The lowest BCUT2D eigenvalue weighted by atomic mass is 10.2. The summed E-state index contributed by atoms with van der Waals surface area (Å²) in [5, 5.41) is 11.1. The van der Waals surface area contributed by atoms with Crippen LogP contribution in [0.1, 0.15) is 23.2 Å². The highest BCUT2D eigenvalue weighted by Crippen LogP contribution is 2.32. The fraction of sp³-hybridized carbons (Fsp3) is 0.462. The Hall–Kier alpha value is -1.60. The second-order valence-corrected chi connectivity index (χ2v) is 5.44. The van der Waals surface area contributed by atoms with E-state index in [-0.39, 0.29) is 17.4 Å². The summed E-state index contributed by atoms with van der Waals surface area (Å²) in [5.74, 6) is 0.0991. The molecule has 108 valence electrons. The molecule has 0 spiro atoms. The largest absolute Gasteiger partial charge is 0.465 e. The zero-order valence-corrected chi connectivity index (χ0v) is 11.9. The van der Waals surface area contributed by atoms with Gasteiger partial charge in [0, 0.05) is 18.4 Å². The molecular weight excluding hydrogens is 282 g/mol. The van der Waals surface area contributed by atoms with E-state index >= 15 is 0 Å². The Labute approximate surface area is 120 Å². The second-order valence-electron chi connectivity index (χ2n) is 4.38. The van der Waals surface area contributed by atoms with Gasteiger partial charge in [-0.15, -0.1) is 11.8 Å². The van der Waals surface area contributed by atoms with Gasteiger partial charge in [0.15, 0.2) is 0 Å². The van der Waals surface area contributed by atoms with Gasteiger partial charge in [-0.2, -0.15) is 0 Å². The van der Waals surface area contributed by atoms with E-state index in [1.54, 1.807) is 6.07 Å². The van der Waals surface area contributed by atoms with E-state index in [1.807, 2.05) is 0 Å². The number of carbonyl (C=O) groups is 1. The smallest absolute Gasteiger partial charge is 0.338 e. The summed E-state index contributed by atoms with van der Waals surface area (Å²) in [6, 6.07) is 4.38. The minimum absolute atomic E-state index is 0.0732. The quantitative estimate of drug-likeness (QED) is 0.360. The number of nitro groups is 1. The minimum Gasteiger partial charge on any atom is -0.465 e. The maximum atomic E-state index is 11.4. The normalized spacial score (nSPS) is 17.9. The van der Waals surface area contributed by atoms with Gasteiger partial charge in [-0.1, -0.05) is 0 Å². The number of benzene rings is 1. The molecule has 6 nitrogen and oxygen atoms in total. The molecule has 2 rings (SSSR count). The fourth-order valence-electron chi connectivity index (χ4n) is 1.99. The van der Waals surface area contributed by atoms with Crippen LogP contribution < -0.4 is 0 Å². The van der Waals surface area contributed by atoms with Gasteiger partial charge in [0.2, 0.25) is 0 Å². The first-order valence-electron chi connectivity index (χ1n) is 6.23. The summed E-state index contributed by atoms with van der Waals surface area (Å²) in [5.41, 5.74) is 0.108. The summed E-state index contributed by atoms with van der Waals surface area (Å²) in [7, 11) is 1.24. The van der Waals surface area contributed by atoms with Crippen molar-refractivity contribution < 1.29 is 19.2 Å². The van der Waals surface area contributed by atoms with Gasteiger partial charge in [-0.25, -0.2) is 4.79 Å². The Kier molecular flexibility index (Phi) is 4.97. The van der Waals surface area contributed by atoms with Crippen molar-refractivity contribution in [2.75, 3.05) is 19.5 Å². The molecule has 0 aliphatic carbocycles. The van der Waals surface area contributed by atoms with Gasteiger partial charge < -0.3 is 9.47 Å². The number of hydrogen-bond acceptors (Lipinski definition) is 6. The fourth-order valence-corrected chi connectivity index (χ4v) is 3.06. The number of hydrogen-bond donors (Lipinski definition) is 0. The number of methoxy groups -OCH3 is 1. The molecule has 1 aromatic rings. The van der Waals surface area contributed by atoms with Crippen LogP contribution in [0.4, 0.5) is 5.69 Å². The van der Waals surface area contributed by atoms with Crippen molar-refractivity contribution in [2.45, 2.75) is 23.8 Å². The molecule has 7 heteroatoms. The lowest BCUT2D eigenvalue weighted by Crippen LogP contribution is -2.08. The molecule has 1 atom stereocenters. The highest BCUT2D eigenvalue weighted by Gasteiger charge is 2.21. The Morgan fingerprint density at radius 2 is 2.40 bits per heavy atom. The van der Waals surface area contributed by atoms with Crippen LogP contribution in [0.25, 0.3) is 0 Å². The SMILES string of the molecule is COC(=O)c1ccc(SCC2CCCO2)c([N+](=O)[O-])c1. The number of nitrogens with zero attached hydrogens (tertiary/aromatic N) is 1. The van der Waals surface area contributed by atoms with Crippen molar-refractivity contribution in [1.29, 1.82) is 0 Å². The maximum absolute atomic E-state index is 11.4. The van der Waals surface area contributed by atoms with E-state index in [0.717, 1.165) is 19.4 Å². The van der Waals surface area contributed by atoms with Crippen LogP contribution in [0, 0.1) is 10.1 Å². The van der Waals surface area contributed by atoms with Crippen molar-refractivity contribution >= 4 is 23.4 Å². The molecule has 20 heavy (non-hydrogen) atoms. The van der Waals surface area contributed by atoms with Crippen LogP contribution in [0.15, 0.2) is 23.1 Å². The van der Waals surface area contributed by atoms with Crippen LogP contribution in [0.2, 0.25) is 0 Å². The zero-order chi connectivity index (χ0) is 14.5. The van der Waals surface area contributed by atoms with E-state index in [0.29, 0.717) is 10.6 Å². The van der Waals surface area contributed by atoms with Gasteiger partial charge in [0.25, 0.3) is 5.69 Å². The van der Waals surface area contributed by atoms with Crippen molar-refractivity contribution in [3.8, 4) is 0 Å². The Bertz CT molecular complexity index is 513. The van der Waals surface area contributed by atoms with E-state index < -0.39 is 10.9 Å². The molecule has 1 saturated heterocycles. The van der Waals surface area contributed by atoms with Crippen molar-refractivity contribution in [3.63, 3.8) is 0 Å². The molecule has 1 aliphatic rings.